The number of aliphatic hydroxyl groups is 1. The monoisotopic (exact) mass is 313 g/mol. The molecule has 8 heteroatoms. The van der Waals surface area contributed by atoms with Gasteiger partial charge in [0.15, 0.2) is 11.6 Å². The van der Waals surface area contributed by atoms with Crippen LogP contribution in [0.1, 0.15) is 21.9 Å². The molecule has 3 aromatic rings. The van der Waals surface area contributed by atoms with Gasteiger partial charge in [-0.1, -0.05) is 12.1 Å². The largest absolute Gasteiger partial charge is 0.504 e. The lowest BCUT2D eigenvalue weighted by Crippen LogP contribution is -2.10. The molecule has 0 spiro atoms. The van der Waals surface area contributed by atoms with Crippen LogP contribution in [0.5, 0.6) is 0 Å². The van der Waals surface area contributed by atoms with Crippen LogP contribution in [0.4, 0.5) is 4.39 Å². The molecule has 2 heterocycles. The van der Waals surface area contributed by atoms with Gasteiger partial charge in [0, 0.05) is 12.3 Å². The third-order valence-corrected chi connectivity index (χ3v) is 3.14. The summed E-state index contributed by atoms with van der Waals surface area (Å²) in [5, 5.41) is 20.0. The molecule has 0 bridgehead atoms. The molecule has 0 aliphatic carbocycles. The highest BCUT2D eigenvalue weighted by Gasteiger charge is 2.13. The van der Waals surface area contributed by atoms with E-state index >= 15 is 0 Å². The standard InChI is InChI=1S/C15H12FN5O2/c16-11-3-1-10(2-4-11)8-21-12(5-6-19-21)13(22)7-14(23)15-17-9-18-20-15/h1-7,9,23H,8H2,(H,17,18,20). The second-order valence-electron chi connectivity index (χ2n) is 4.73. The molecule has 0 fully saturated rings. The number of hydrogen-bond acceptors (Lipinski definition) is 5. The van der Waals surface area contributed by atoms with E-state index in [1.165, 1.54) is 35.4 Å². The quantitative estimate of drug-likeness (QED) is 0.426. The van der Waals surface area contributed by atoms with Crippen LogP contribution in [0.15, 0.2) is 48.9 Å². The van der Waals surface area contributed by atoms with Crippen LogP contribution in [0.3, 0.4) is 0 Å². The summed E-state index contributed by atoms with van der Waals surface area (Å²) in [6, 6.07) is 7.46. The molecule has 0 aliphatic heterocycles. The average Bonchev–Trinajstić information content (AvgIpc) is 3.20. The third-order valence-electron chi connectivity index (χ3n) is 3.14. The van der Waals surface area contributed by atoms with Crippen molar-refractivity contribution in [1.29, 1.82) is 0 Å². The number of aromatic nitrogens is 5. The highest BCUT2D eigenvalue weighted by molar-refractivity contribution is 6.06. The maximum absolute atomic E-state index is 12.9. The Bertz CT molecular complexity index is 837. The van der Waals surface area contributed by atoms with Crippen molar-refractivity contribution in [1.82, 2.24) is 25.0 Å². The molecule has 116 valence electrons. The topological polar surface area (TPSA) is 96.7 Å². The van der Waals surface area contributed by atoms with Gasteiger partial charge < -0.3 is 5.11 Å². The number of carbonyl (C=O) groups is 1. The number of rotatable bonds is 5. The average molecular weight is 313 g/mol. The first-order chi connectivity index (χ1) is 11.1. The van der Waals surface area contributed by atoms with Crippen LogP contribution in [0.2, 0.25) is 0 Å². The molecule has 0 atom stereocenters. The molecule has 3 rings (SSSR count). The van der Waals surface area contributed by atoms with Gasteiger partial charge in [-0.15, -0.1) is 0 Å². The van der Waals surface area contributed by atoms with Crippen molar-refractivity contribution in [2.24, 2.45) is 0 Å². The molecule has 2 N–H and O–H groups in total. The lowest BCUT2D eigenvalue weighted by atomic mass is 10.2. The van der Waals surface area contributed by atoms with E-state index in [9.17, 15) is 14.3 Å². The van der Waals surface area contributed by atoms with Crippen molar-refractivity contribution in [3.05, 3.63) is 71.8 Å². The molecule has 23 heavy (non-hydrogen) atoms. The smallest absolute Gasteiger partial charge is 0.207 e. The Hall–Kier alpha value is -3.29. The summed E-state index contributed by atoms with van der Waals surface area (Å²) < 4.78 is 14.4. The van der Waals surface area contributed by atoms with E-state index in [-0.39, 0.29) is 17.4 Å². The highest BCUT2D eigenvalue weighted by atomic mass is 19.1. The minimum absolute atomic E-state index is 0.1000. The zero-order valence-corrected chi connectivity index (χ0v) is 11.8. The van der Waals surface area contributed by atoms with Crippen molar-refractivity contribution >= 4 is 11.5 Å². The summed E-state index contributed by atoms with van der Waals surface area (Å²) in [6.07, 6.45) is 3.75. The van der Waals surface area contributed by atoms with Crippen molar-refractivity contribution in [2.45, 2.75) is 6.54 Å². The number of aliphatic hydroxyl groups excluding tert-OH is 1. The minimum atomic E-state index is -0.432. The molecule has 0 unspecified atom stereocenters. The van der Waals surface area contributed by atoms with Gasteiger partial charge in [0.1, 0.15) is 17.8 Å². The number of benzene rings is 1. The number of ketones is 1. The predicted molar refractivity (Wildman–Crippen MR) is 79.0 cm³/mol. The molecular formula is C15H12FN5O2. The number of aromatic amines is 1. The summed E-state index contributed by atoms with van der Waals surface area (Å²) in [5.41, 5.74) is 1.09. The SMILES string of the molecule is O=C(C=C(O)c1ncn[nH]1)c1ccnn1Cc1ccc(F)cc1. The van der Waals surface area contributed by atoms with Crippen LogP contribution < -0.4 is 0 Å². The molecule has 0 saturated carbocycles. The summed E-state index contributed by atoms with van der Waals surface area (Å²) in [6.45, 7) is 0.311. The van der Waals surface area contributed by atoms with E-state index in [0.29, 0.717) is 12.2 Å². The zero-order chi connectivity index (χ0) is 16.2. The maximum Gasteiger partial charge on any atom is 0.207 e. The van der Waals surface area contributed by atoms with Gasteiger partial charge in [-0.3, -0.25) is 14.6 Å². The van der Waals surface area contributed by atoms with Gasteiger partial charge in [-0.25, -0.2) is 9.37 Å². The Kier molecular flexibility index (Phi) is 3.96. The van der Waals surface area contributed by atoms with Crippen LogP contribution in [-0.2, 0) is 6.54 Å². The fraction of sp³-hybridized carbons (Fsp3) is 0.0667. The number of hydrogen-bond donors (Lipinski definition) is 2. The first-order valence-corrected chi connectivity index (χ1v) is 6.70. The summed E-state index contributed by atoms with van der Waals surface area (Å²) in [4.78, 5) is 16.0. The lowest BCUT2D eigenvalue weighted by molar-refractivity contribution is 0.103. The Morgan fingerprint density at radius 1 is 1.30 bits per heavy atom. The lowest BCUT2D eigenvalue weighted by Gasteiger charge is -2.05. The third kappa shape index (κ3) is 3.31. The fourth-order valence-electron chi connectivity index (χ4n) is 2.03. The molecule has 0 radical (unpaired) electrons. The molecule has 0 aliphatic rings. The summed E-state index contributed by atoms with van der Waals surface area (Å²) in [5.74, 6) is -0.978. The Morgan fingerprint density at radius 2 is 2.09 bits per heavy atom. The number of halogens is 1. The highest BCUT2D eigenvalue weighted by Crippen LogP contribution is 2.11. The first-order valence-electron chi connectivity index (χ1n) is 6.70. The molecule has 0 saturated heterocycles. The minimum Gasteiger partial charge on any atom is -0.504 e. The summed E-state index contributed by atoms with van der Waals surface area (Å²) in [7, 11) is 0. The number of allylic oxidation sites excluding steroid dienone is 1. The molecule has 0 amide bonds. The molecule has 2 aromatic heterocycles. The van der Waals surface area contributed by atoms with Crippen molar-refractivity contribution in [2.75, 3.05) is 0 Å². The van der Waals surface area contributed by atoms with Crippen molar-refractivity contribution in [3.8, 4) is 0 Å². The maximum atomic E-state index is 12.9. The van der Waals surface area contributed by atoms with E-state index in [1.807, 2.05) is 0 Å². The Morgan fingerprint density at radius 3 is 2.78 bits per heavy atom. The van der Waals surface area contributed by atoms with Crippen LogP contribution in [0.25, 0.3) is 5.76 Å². The summed E-state index contributed by atoms with van der Waals surface area (Å²) >= 11 is 0. The zero-order valence-electron chi connectivity index (χ0n) is 11.8. The van der Waals surface area contributed by atoms with Gasteiger partial charge in [0.25, 0.3) is 0 Å². The van der Waals surface area contributed by atoms with E-state index < -0.39 is 5.78 Å². The number of carbonyl (C=O) groups excluding carboxylic acids is 1. The van der Waals surface area contributed by atoms with E-state index in [2.05, 4.69) is 20.3 Å². The van der Waals surface area contributed by atoms with Gasteiger partial charge in [-0.2, -0.15) is 10.2 Å². The second kappa shape index (κ2) is 6.22. The Labute approximate surface area is 130 Å². The predicted octanol–water partition coefficient (Wildman–Crippen LogP) is 1.97. The van der Waals surface area contributed by atoms with Crippen molar-refractivity contribution in [3.63, 3.8) is 0 Å². The van der Waals surface area contributed by atoms with Crippen LogP contribution in [-0.4, -0.2) is 35.9 Å². The first kappa shape index (κ1) is 14.6. The number of nitrogens with zero attached hydrogens (tertiary/aromatic N) is 4. The van der Waals surface area contributed by atoms with Gasteiger partial charge in [0.2, 0.25) is 5.78 Å². The van der Waals surface area contributed by atoms with Gasteiger partial charge in [0.05, 0.1) is 6.54 Å². The van der Waals surface area contributed by atoms with E-state index in [4.69, 9.17) is 0 Å². The van der Waals surface area contributed by atoms with Crippen molar-refractivity contribution < 1.29 is 14.3 Å². The normalized spacial score (nSPS) is 11.6. The van der Waals surface area contributed by atoms with Crippen LogP contribution >= 0.6 is 0 Å². The number of nitrogens with one attached hydrogen (secondary N) is 1. The number of H-pyrrole nitrogens is 1. The second-order valence-corrected chi connectivity index (χ2v) is 4.73. The van der Waals surface area contributed by atoms with Gasteiger partial charge in [-0.05, 0) is 23.8 Å². The van der Waals surface area contributed by atoms with Gasteiger partial charge >= 0.3 is 0 Å². The Balaban J connectivity index is 1.81. The molecular weight excluding hydrogens is 301 g/mol. The van der Waals surface area contributed by atoms with E-state index in [0.717, 1.165) is 11.6 Å². The molecule has 7 nitrogen and oxygen atoms in total. The molecule has 1 aromatic carbocycles. The fourth-order valence-corrected chi connectivity index (χ4v) is 2.03. The van der Waals surface area contributed by atoms with Crippen LogP contribution in [0, 0.1) is 5.82 Å². The van der Waals surface area contributed by atoms with E-state index in [1.54, 1.807) is 12.1 Å².